The second kappa shape index (κ2) is 8.80. The highest BCUT2D eigenvalue weighted by Crippen LogP contribution is 2.31. The molecular weight excluding hydrogens is 447 g/mol. The zero-order chi connectivity index (χ0) is 22.7. The number of halogens is 4. The van der Waals surface area contributed by atoms with E-state index in [2.05, 4.69) is 20.3 Å². The Balaban J connectivity index is 1.46. The summed E-state index contributed by atoms with van der Waals surface area (Å²) in [5.74, 6) is 0.0889. The fraction of sp³-hybridized carbons (Fsp3) is 0.0909. The van der Waals surface area contributed by atoms with Crippen LogP contribution in [0.15, 0.2) is 66.7 Å². The molecule has 2 N–H and O–H groups in total. The van der Waals surface area contributed by atoms with E-state index >= 15 is 0 Å². The molecule has 6 nitrogen and oxygen atoms in total. The Morgan fingerprint density at radius 3 is 2.50 bits per heavy atom. The van der Waals surface area contributed by atoms with E-state index in [1.165, 1.54) is 18.2 Å². The number of nitrogens with zero attached hydrogens (tertiary/aromatic N) is 1. The molecule has 4 aromatic rings. The van der Waals surface area contributed by atoms with Gasteiger partial charge in [0.05, 0.1) is 5.52 Å². The number of H-pyrrole nitrogens is 1. The number of ether oxygens (including phenoxy) is 2. The summed E-state index contributed by atoms with van der Waals surface area (Å²) in [7, 11) is 0. The van der Waals surface area contributed by atoms with E-state index in [1.807, 2.05) is 0 Å². The SMILES string of the molecule is O=C(COc1ccc(Cl)cc1)Nc1n[nH]c2cc(-c3cccc(OC(F)(F)F)c3)ccc12. The maximum absolute atomic E-state index is 12.5. The van der Waals surface area contributed by atoms with E-state index < -0.39 is 12.3 Å². The van der Waals surface area contributed by atoms with Crippen molar-refractivity contribution in [2.24, 2.45) is 0 Å². The molecule has 1 heterocycles. The predicted octanol–water partition coefficient (Wildman–Crippen LogP) is 5.80. The quantitative estimate of drug-likeness (QED) is 0.380. The minimum absolute atomic E-state index is 0.222. The average molecular weight is 462 g/mol. The second-order valence-corrected chi connectivity index (χ2v) is 7.14. The van der Waals surface area contributed by atoms with Crippen LogP contribution < -0.4 is 14.8 Å². The number of fused-ring (bicyclic) bond motifs is 1. The van der Waals surface area contributed by atoms with Crippen molar-refractivity contribution < 1.29 is 27.4 Å². The van der Waals surface area contributed by atoms with Gasteiger partial charge in [-0.2, -0.15) is 5.10 Å². The van der Waals surface area contributed by atoms with Crippen LogP contribution in [-0.4, -0.2) is 29.1 Å². The third-order valence-corrected chi connectivity index (χ3v) is 4.66. The summed E-state index contributed by atoms with van der Waals surface area (Å²) in [6.45, 7) is -0.222. The van der Waals surface area contributed by atoms with Crippen molar-refractivity contribution in [2.45, 2.75) is 6.36 Å². The first-order chi connectivity index (χ1) is 15.3. The Morgan fingerprint density at radius 1 is 1.00 bits per heavy atom. The molecule has 0 atom stereocenters. The highest BCUT2D eigenvalue weighted by molar-refractivity contribution is 6.30. The molecule has 0 saturated heterocycles. The highest BCUT2D eigenvalue weighted by Gasteiger charge is 2.31. The number of rotatable bonds is 6. The smallest absolute Gasteiger partial charge is 0.484 e. The number of amides is 1. The van der Waals surface area contributed by atoms with E-state index in [1.54, 1.807) is 48.5 Å². The lowest BCUT2D eigenvalue weighted by atomic mass is 10.0. The molecule has 10 heteroatoms. The molecule has 0 aliphatic rings. The van der Waals surface area contributed by atoms with Crippen LogP contribution in [0.2, 0.25) is 5.02 Å². The van der Waals surface area contributed by atoms with Gasteiger partial charge in [-0.25, -0.2) is 0 Å². The molecule has 1 aromatic heterocycles. The number of carbonyl (C=O) groups excluding carboxylic acids is 1. The average Bonchev–Trinajstić information content (AvgIpc) is 3.14. The summed E-state index contributed by atoms with van der Waals surface area (Å²) in [5.41, 5.74) is 1.78. The minimum atomic E-state index is -4.77. The zero-order valence-corrected chi connectivity index (χ0v) is 17.0. The lowest BCUT2D eigenvalue weighted by Crippen LogP contribution is -2.20. The number of alkyl halides is 3. The monoisotopic (exact) mass is 461 g/mol. The van der Waals surface area contributed by atoms with E-state index in [0.29, 0.717) is 38.6 Å². The van der Waals surface area contributed by atoms with Gasteiger partial charge in [-0.05, 0) is 59.7 Å². The summed E-state index contributed by atoms with van der Waals surface area (Å²) in [6.07, 6.45) is -4.77. The fourth-order valence-corrected chi connectivity index (χ4v) is 3.14. The van der Waals surface area contributed by atoms with Crippen molar-refractivity contribution in [3.63, 3.8) is 0 Å². The van der Waals surface area contributed by atoms with Gasteiger partial charge in [-0.1, -0.05) is 29.8 Å². The van der Waals surface area contributed by atoms with Crippen LogP contribution in [0.25, 0.3) is 22.0 Å². The molecule has 1 amide bonds. The number of hydrogen-bond donors (Lipinski definition) is 2. The number of carbonyl (C=O) groups is 1. The number of benzene rings is 3. The van der Waals surface area contributed by atoms with Crippen molar-refractivity contribution in [3.05, 3.63) is 71.8 Å². The van der Waals surface area contributed by atoms with Gasteiger partial charge in [0.15, 0.2) is 12.4 Å². The lowest BCUT2D eigenvalue weighted by Gasteiger charge is -2.10. The van der Waals surface area contributed by atoms with Crippen molar-refractivity contribution in [1.82, 2.24) is 10.2 Å². The summed E-state index contributed by atoms with van der Waals surface area (Å²) in [4.78, 5) is 12.2. The first kappa shape index (κ1) is 21.5. The van der Waals surface area contributed by atoms with Gasteiger partial charge in [0, 0.05) is 10.4 Å². The van der Waals surface area contributed by atoms with Crippen LogP contribution in [-0.2, 0) is 4.79 Å². The molecular formula is C22H15ClF3N3O3. The van der Waals surface area contributed by atoms with Gasteiger partial charge >= 0.3 is 6.36 Å². The van der Waals surface area contributed by atoms with Crippen LogP contribution in [0, 0.1) is 0 Å². The molecule has 164 valence electrons. The Bertz CT molecular complexity index is 1260. The molecule has 32 heavy (non-hydrogen) atoms. The Morgan fingerprint density at radius 2 is 1.75 bits per heavy atom. The first-order valence-electron chi connectivity index (χ1n) is 9.29. The Kier molecular flexibility index (Phi) is 5.91. The fourth-order valence-electron chi connectivity index (χ4n) is 3.02. The molecule has 3 aromatic carbocycles. The van der Waals surface area contributed by atoms with Crippen LogP contribution in [0.5, 0.6) is 11.5 Å². The van der Waals surface area contributed by atoms with Gasteiger partial charge < -0.3 is 14.8 Å². The topological polar surface area (TPSA) is 76.2 Å². The van der Waals surface area contributed by atoms with Gasteiger partial charge in [-0.3, -0.25) is 9.89 Å². The van der Waals surface area contributed by atoms with E-state index in [-0.39, 0.29) is 12.4 Å². The molecule has 0 unspecified atom stereocenters. The summed E-state index contributed by atoms with van der Waals surface area (Å²) in [5, 5.41) is 10.8. The van der Waals surface area contributed by atoms with Gasteiger partial charge in [0.1, 0.15) is 11.5 Å². The molecule has 0 aliphatic carbocycles. The number of aromatic amines is 1. The van der Waals surface area contributed by atoms with Crippen molar-refractivity contribution in [1.29, 1.82) is 0 Å². The maximum atomic E-state index is 12.5. The number of aromatic nitrogens is 2. The van der Waals surface area contributed by atoms with Crippen LogP contribution in [0.4, 0.5) is 19.0 Å². The predicted molar refractivity (Wildman–Crippen MR) is 114 cm³/mol. The minimum Gasteiger partial charge on any atom is -0.484 e. The first-order valence-corrected chi connectivity index (χ1v) is 9.67. The molecule has 0 spiro atoms. The second-order valence-electron chi connectivity index (χ2n) is 6.70. The third kappa shape index (κ3) is 5.30. The zero-order valence-electron chi connectivity index (χ0n) is 16.2. The van der Waals surface area contributed by atoms with E-state index in [0.717, 1.165) is 0 Å². The number of nitrogens with one attached hydrogen (secondary N) is 2. The van der Waals surface area contributed by atoms with Gasteiger partial charge in [-0.15, -0.1) is 13.2 Å². The number of anilines is 1. The largest absolute Gasteiger partial charge is 0.573 e. The van der Waals surface area contributed by atoms with Crippen LogP contribution >= 0.6 is 11.6 Å². The Hall–Kier alpha value is -3.72. The standard InChI is InChI=1S/C22H15ClF3N3O3/c23-15-5-7-16(8-6-15)31-12-20(30)27-21-18-9-4-14(11-19(18)28-29-21)13-2-1-3-17(10-13)32-22(24,25)26/h1-11H,12H2,(H2,27,28,29,30). The van der Waals surface area contributed by atoms with Crippen molar-refractivity contribution in [2.75, 3.05) is 11.9 Å². The van der Waals surface area contributed by atoms with Gasteiger partial charge in [0.25, 0.3) is 5.91 Å². The summed E-state index contributed by atoms with van der Waals surface area (Å²) < 4.78 is 46.8. The van der Waals surface area contributed by atoms with Crippen molar-refractivity contribution >= 4 is 34.2 Å². The summed E-state index contributed by atoms with van der Waals surface area (Å²) in [6, 6.07) is 17.4. The van der Waals surface area contributed by atoms with Crippen LogP contribution in [0.3, 0.4) is 0 Å². The molecule has 0 radical (unpaired) electrons. The summed E-state index contributed by atoms with van der Waals surface area (Å²) >= 11 is 5.81. The normalized spacial score (nSPS) is 11.4. The Labute approximate surface area is 184 Å². The van der Waals surface area contributed by atoms with E-state index in [4.69, 9.17) is 16.3 Å². The molecule has 0 aliphatic heterocycles. The maximum Gasteiger partial charge on any atom is 0.573 e. The van der Waals surface area contributed by atoms with E-state index in [9.17, 15) is 18.0 Å². The third-order valence-electron chi connectivity index (χ3n) is 4.41. The molecule has 0 fully saturated rings. The van der Waals surface area contributed by atoms with Gasteiger partial charge in [0.2, 0.25) is 0 Å². The van der Waals surface area contributed by atoms with Crippen molar-refractivity contribution in [3.8, 4) is 22.6 Å². The molecule has 0 saturated carbocycles. The molecule has 4 rings (SSSR count). The molecule has 0 bridgehead atoms. The number of hydrogen-bond acceptors (Lipinski definition) is 4. The lowest BCUT2D eigenvalue weighted by molar-refractivity contribution is -0.274. The van der Waals surface area contributed by atoms with Crippen LogP contribution in [0.1, 0.15) is 0 Å². The highest BCUT2D eigenvalue weighted by atomic mass is 35.5.